The van der Waals surface area contributed by atoms with Crippen molar-refractivity contribution in [2.24, 2.45) is 0 Å². The monoisotopic (exact) mass is 357 g/mol. The number of furan rings is 1. The second-order valence-electron chi connectivity index (χ2n) is 5.68. The molecular weight excluding hydrogens is 338 g/mol. The molecule has 3 rings (SSSR count). The molecular formula is C19H19NO6. The topological polar surface area (TPSA) is 78.2 Å². The Balaban J connectivity index is 2.06. The van der Waals surface area contributed by atoms with Crippen molar-refractivity contribution in [2.45, 2.75) is 6.92 Å². The van der Waals surface area contributed by atoms with Crippen LogP contribution in [0.1, 0.15) is 5.76 Å². The Morgan fingerprint density at radius 1 is 1.08 bits per heavy atom. The zero-order valence-corrected chi connectivity index (χ0v) is 14.8. The van der Waals surface area contributed by atoms with E-state index in [2.05, 4.69) is 0 Å². The number of methoxy groups -OCH3 is 2. The van der Waals surface area contributed by atoms with Crippen LogP contribution < -0.4 is 4.90 Å². The van der Waals surface area contributed by atoms with Gasteiger partial charge in [0.1, 0.15) is 23.9 Å². The van der Waals surface area contributed by atoms with Gasteiger partial charge in [0.25, 0.3) is 0 Å². The third kappa shape index (κ3) is 3.34. The normalized spacial score (nSPS) is 14.3. The van der Waals surface area contributed by atoms with E-state index in [0.717, 1.165) is 11.3 Å². The molecule has 1 aromatic heterocycles. The number of ether oxygens (including phenoxy) is 3. The molecule has 0 fully saturated rings. The lowest BCUT2D eigenvalue weighted by atomic mass is 10.1. The molecule has 0 spiro atoms. The van der Waals surface area contributed by atoms with Gasteiger partial charge in [-0.05, 0) is 31.2 Å². The molecule has 136 valence electrons. The van der Waals surface area contributed by atoms with Crippen molar-refractivity contribution in [2.75, 3.05) is 32.5 Å². The average Bonchev–Trinajstić information content (AvgIpc) is 3.12. The highest BCUT2D eigenvalue weighted by atomic mass is 16.5. The van der Waals surface area contributed by atoms with Crippen molar-refractivity contribution >= 4 is 17.6 Å². The largest absolute Gasteiger partial charge is 0.466 e. The highest BCUT2D eigenvalue weighted by Gasteiger charge is 2.32. The Labute approximate surface area is 150 Å². The first-order valence-corrected chi connectivity index (χ1v) is 7.97. The molecule has 0 saturated carbocycles. The second-order valence-corrected chi connectivity index (χ2v) is 5.68. The van der Waals surface area contributed by atoms with Gasteiger partial charge in [-0.2, -0.15) is 0 Å². The molecule has 26 heavy (non-hydrogen) atoms. The summed E-state index contributed by atoms with van der Waals surface area (Å²) in [4.78, 5) is 26.0. The molecule has 1 aliphatic rings. The molecule has 0 bridgehead atoms. The first kappa shape index (κ1) is 17.8. The van der Waals surface area contributed by atoms with Crippen LogP contribution >= 0.6 is 0 Å². The van der Waals surface area contributed by atoms with E-state index in [1.165, 1.54) is 14.2 Å². The van der Waals surface area contributed by atoms with Crippen molar-refractivity contribution in [1.82, 2.24) is 0 Å². The van der Waals surface area contributed by atoms with E-state index in [-0.39, 0.29) is 24.6 Å². The molecule has 0 unspecified atom stereocenters. The maximum atomic E-state index is 12.3. The number of hydrogen-bond donors (Lipinski definition) is 0. The van der Waals surface area contributed by atoms with E-state index < -0.39 is 11.9 Å². The maximum Gasteiger partial charge on any atom is 0.355 e. The first-order valence-electron chi connectivity index (χ1n) is 7.97. The number of nitrogens with zero attached hydrogens (tertiary/aromatic N) is 1. The molecule has 0 radical (unpaired) electrons. The van der Waals surface area contributed by atoms with Gasteiger partial charge in [0.15, 0.2) is 0 Å². The van der Waals surface area contributed by atoms with E-state index in [1.54, 1.807) is 4.90 Å². The Hall–Kier alpha value is -3.06. The number of hydrogen-bond acceptors (Lipinski definition) is 7. The van der Waals surface area contributed by atoms with Gasteiger partial charge in [-0.15, -0.1) is 0 Å². The third-order valence-corrected chi connectivity index (χ3v) is 4.02. The zero-order valence-electron chi connectivity index (χ0n) is 14.8. The first-order chi connectivity index (χ1) is 12.5. The van der Waals surface area contributed by atoms with Gasteiger partial charge in [-0.25, -0.2) is 9.59 Å². The van der Waals surface area contributed by atoms with Crippen LogP contribution in [0.2, 0.25) is 0 Å². The standard InChI is InChI=1S/C19H19NO6/c1-12-7-8-16(26-12)13-5-4-6-14(9-13)20-11-25-10-15(18(21)23-2)17(20)19(22)24-3/h4-9H,10-11H2,1-3H3. The Morgan fingerprint density at radius 3 is 2.50 bits per heavy atom. The van der Waals surface area contributed by atoms with Gasteiger partial charge in [0.05, 0.1) is 26.4 Å². The van der Waals surface area contributed by atoms with E-state index in [4.69, 9.17) is 18.6 Å². The van der Waals surface area contributed by atoms with Gasteiger partial charge < -0.3 is 23.5 Å². The van der Waals surface area contributed by atoms with E-state index >= 15 is 0 Å². The SMILES string of the molecule is COC(=O)C1=C(C(=O)OC)N(c2cccc(-c3ccc(C)o3)c2)COC1. The van der Waals surface area contributed by atoms with Crippen LogP contribution in [-0.2, 0) is 23.8 Å². The summed E-state index contributed by atoms with van der Waals surface area (Å²) in [6, 6.07) is 11.1. The van der Waals surface area contributed by atoms with E-state index in [1.807, 2.05) is 43.3 Å². The summed E-state index contributed by atoms with van der Waals surface area (Å²) >= 11 is 0. The summed E-state index contributed by atoms with van der Waals surface area (Å²) in [5, 5.41) is 0. The molecule has 2 heterocycles. The Morgan fingerprint density at radius 2 is 1.85 bits per heavy atom. The molecule has 0 aliphatic carbocycles. The van der Waals surface area contributed by atoms with Crippen LogP contribution in [0.3, 0.4) is 0 Å². The predicted molar refractivity (Wildman–Crippen MR) is 93.2 cm³/mol. The number of carbonyl (C=O) groups is 2. The minimum atomic E-state index is -0.632. The third-order valence-electron chi connectivity index (χ3n) is 4.02. The summed E-state index contributed by atoms with van der Waals surface area (Å²) < 4.78 is 20.8. The van der Waals surface area contributed by atoms with E-state index in [0.29, 0.717) is 11.4 Å². The minimum Gasteiger partial charge on any atom is -0.466 e. The fourth-order valence-corrected chi connectivity index (χ4v) is 2.76. The molecule has 1 aromatic carbocycles. The number of rotatable bonds is 4. The van der Waals surface area contributed by atoms with Crippen LogP contribution in [0.5, 0.6) is 0 Å². The van der Waals surface area contributed by atoms with Gasteiger partial charge in [-0.3, -0.25) is 0 Å². The van der Waals surface area contributed by atoms with Crippen LogP contribution in [0.25, 0.3) is 11.3 Å². The number of anilines is 1. The summed E-state index contributed by atoms with van der Waals surface area (Å²) in [6.07, 6.45) is 0. The number of aryl methyl sites for hydroxylation is 1. The molecule has 0 N–H and O–H groups in total. The molecule has 1 aliphatic heterocycles. The molecule has 0 saturated heterocycles. The molecule has 0 atom stereocenters. The predicted octanol–water partition coefficient (Wildman–Crippen LogP) is 2.65. The van der Waals surface area contributed by atoms with Crippen molar-refractivity contribution in [1.29, 1.82) is 0 Å². The van der Waals surface area contributed by atoms with Crippen LogP contribution in [0, 0.1) is 6.92 Å². The van der Waals surface area contributed by atoms with Crippen LogP contribution in [0.4, 0.5) is 5.69 Å². The Bertz CT molecular complexity index is 866. The summed E-state index contributed by atoms with van der Waals surface area (Å²) in [7, 11) is 2.52. The van der Waals surface area contributed by atoms with Crippen molar-refractivity contribution in [3.05, 3.63) is 53.4 Å². The lowest BCUT2D eigenvalue weighted by Gasteiger charge is -2.31. The van der Waals surface area contributed by atoms with Gasteiger partial charge >= 0.3 is 11.9 Å². The quantitative estimate of drug-likeness (QED) is 0.778. The fraction of sp³-hybridized carbons (Fsp3) is 0.263. The molecule has 2 aromatic rings. The molecule has 0 amide bonds. The zero-order chi connectivity index (χ0) is 18.7. The summed E-state index contributed by atoms with van der Waals surface area (Å²) in [5.74, 6) is 0.245. The minimum absolute atomic E-state index is 0.0231. The number of esters is 2. The van der Waals surface area contributed by atoms with E-state index in [9.17, 15) is 9.59 Å². The molecule has 7 nitrogen and oxygen atoms in total. The van der Waals surface area contributed by atoms with Gasteiger partial charge in [0, 0.05) is 11.3 Å². The lowest BCUT2D eigenvalue weighted by Crippen LogP contribution is -2.38. The smallest absolute Gasteiger partial charge is 0.355 e. The maximum absolute atomic E-state index is 12.3. The van der Waals surface area contributed by atoms with Crippen molar-refractivity contribution < 1.29 is 28.2 Å². The number of carbonyl (C=O) groups excluding carboxylic acids is 2. The highest BCUT2D eigenvalue weighted by molar-refractivity contribution is 6.03. The lowest BCUT2D eigenvalue weighted by molar-refractivity contribution is -0.140. The van der Waals surface area contributed by atoms with Crippen molar-refractivity contribution in [3.63, 3.8) is 0 Å². The fourth-order valence-electron chi connectivity index (χ4n) is 2.76. The summed E-state index contributed by atoms with van der Waals surface area (Å²) in [5.41, 5.74) is 1.73. The second kappa shape index (κ2) is 7.45. The average molecular weight is 357 g/mol. The van der Waals surface area contributed by atoms with Crippen LogP contribution in [0.15, 0.2) is 52.1 Å². The Kier molecular flexibility index (Phi) is 5.09. The summed E-state index contributed by atoms with van der Waals surface area (Å²) in [6.45, 7) is 1.95. The molecule has 7 heteroatoms. The highest BCUT2D eigenvalue weighted by Crippen LogP contribution is 2.31. The van der Waals surface area contributed by atoms with Crippen LogP contribution in [-0.4, -0.2) is 39.5 Å². The number of benzene rings is 1. The van der Waals surface area contributed by atoms with Crippen molar-refractivity contribution in [3.8, 4) is 11.3 Å². The van der Waals surface area contributed by atoms with Gasteiger partial charge in [0.2, 0.25) is 0 Å². The van der Waals surface area contributed by atoms with Gasteiger partial charge in [-0.1, -0.05) is 12.1 Å².